The molecule has 1 aliphatic carbocycles. The molecular weight excluding hydrogens is 151 g/mol. The summed E-state index contributed by atoms with van der Waals surface area (Å²) in [6.07, 6.45) is 2.17. The number of carbonyl (C=O) groups excluding carboxylic acids is 1. The summed E-state index contributed by atoms with van der Waals surface area (Å²) in [5.41, 5.74) is 0.181. The van der Waals surface area contributed by atoms with Crippen molar-refractivity contribution in [3.05, 3.63) is 11.8 Å². The van der Waals surface area contributed by atoms with Gasteiger partial charge in [-0.2, -0.15) is 0 Å². The van der Waals surface area contributed by atoms with Gasteiger partial charge < -0.3 is 5.11 Å². The van der Waals surface area contributed by atoms with Crippen molar-refractivity contribution in [2.45, 2.75) is 26.7 Å². The first kappa shape index (κ1) is 11.2. The molecule has 3 heteroatoms. The van der Waals surface area contributed by atoms with Crippen LogP contribution in [0.4, 0.5) is 0 Å². The van der Waals surface area contributed by atoms with Gasteiger partial charge in [-0.15, -0.1) is 6.26 Å². The van der Waals surface area contributed by atoms with Gasteiger partial charge in [0.25, 0.3) is 0 Å². The average molecular weight is 162 g/mol. The van der Waals surface area contributed by atoms with Crippen LogP contribution in [0.5, 0.6) is 0 Å². The zero-order chi connectivity index (χ0) is 7.78. The molecule has 0 N–H and O–H groups in total. The Balaban J connectivity index is 0.000001000. The minimum absolute atomic E-state index is 0. The molecule has 1 rings (SSSR count). The molecule has 0 heterocycles. The van der Waals surface area contributed by atoms with Crippen molar-refractivity contribution in [3.63, 3.8) is 0 Å². The zero-order valence-corrected chi connectivity index (χ0v) is 9.31. The van der Waals surface area contributed by atoms with Gasteiger partial charge in [-0.1, -0.05) is 13.8 Å². The predicted octanol–water partition coefficient (Wildman–Crippen LogP) is -2.38. The van der Waals surface area contributed by atoms with Crippen molar-refractivity contribution in [1.82, 2.24) is 0 Å². The van der Waals surface area contributed by atoms with E-state index in [0.717, 1.165) is 6.42 Å². The number of hydrogen-bond acceptors (Lipinski definition) is 2. The maximum atomic E-state index is 11.2. The number of ketones is 1. The van der Waals surface area contributed by atoms with Crippen LogP contribution >= 0.6 is 0 Å². The van der Waals surface area contributed by atoms with Gasteiger partial charge in [-0.3, -0.25) is 4.79 Å². The van der Waals surface area contributed by atoms with E-state index < -0.39 is 0 Å². The molecule has 2 nitrogen and oxygen atoms in total. The van der Waals surface area contributed by atoms with E-state index in [-0.39, 0.29) is 40.8 Å². The first-order valence-corrected chi connectivity index (χ1v) is 3.44. The molecule has 0 bridgehead atoms. The Morgan fingerprint density at radius 1 is 1.55 bits per heavy atom. The largest absolute Gasteiger partial charge is 1.00 e. The van der Waals surface area contributed by atoms with E-state index in [0.29, 0.717) is 18.3 Å². The van der Waals surface area contributed by atoms with Gasteiger partial charge in [0.2, 0.25) is 0 Å². The predicted molar refractivity (Wildman–Crippen MR) is 36.1 cm³/mol. The standard InChI is InChI=1S/C8H12O2.Na/c1-8(2)4-3-6(5-9)7(8)10;/h5,9H,3-4H2,1-2H3;/q;+1/p-1/b6-5-;. The summed E-state index contributed by atoms with van der Waals surface area (Å²) in [4.78, 5) is 11.2. The Hall–Kier alpha value is 0.210. The van der Waals surface area contributed by atoms with Gasteiger partial charge in [0, 0.05) is 5.41 Å². The Morgan fingerprint density at radius 3 is 2.27 bits per heavy atom. The van der Waals surface area contributed by atoms with E-state index in [1.54, 1.807) is 0 Å². The second kappa shape index (κ2) is 3.74. The van der Waals surface area contributed by atoms with Crippen molar-refractivity contribution in [2.75, 3.05) is 0 Å². The maximum Gasteiger partial charge on any atom is 1.00 e. The van der Waals surface area contributed by atoms with E-state index in [2.05, 4.69) is 0 Å². The fraction of sp³-hybridized carbons (Fsp3) is 0.625. The van der Waals surface area contributed by atoms with Crippen LogP contribution in [0.2, 0.25) is 0 Å². The van der Waals surface area contributed by atoms with E-state index >= 15 is 0 Å². The molecule has 0 saturated heterocycles. The van der Waals surface area contributed by atoms with Gasteiger partial charge in [0.1, 0.15) is 0 Å². The second-order valence-corrected chi connectivity index (χ2v) is 3.36. The molecule has 0 amide bonds. The quantitative estimate of drug-likeness (QED) is 0.227. The van der Waals surface area contributed by atoms with Crippen molar-refractivity contribution >= 4 is 5.78 Å². The summed E-state index contributed by atoms with van der Waals surface area (Å²) in [7, 11) is 0. The van der Waals surface area contributed by atoms with Crippen molar-refractivity contribution < 1.29 is 39.5 Å². The molecule has 1 aliphatic rings. The number of carbonyl (C=O) groups is 1. The molecule has 0 aromatic rings. The Bertz CT molecular complexity index is 194. The van der Waals surface area contributed by atoms with Crippen LogP contribution in [0, 0.1) is 5.41 Å². The first-order valence-electron chi connectivity index (χ1n) is 3.44. The number of hydrogen-bond donors (Lipinski definition) is 0. The molecule has 56 valence electrons. The van der Waals surface area contributed by atoms with Crippen LogP contribution in [-0.2, 0) is 4.79 Å². The van der Waals surface area contributed by atoms with Crippen molar-refractivity contribution in [3.8, 4) is 0 Å². The zero-order valence-electron chi connectivity index (χ0n) is 7.31. The third kappa shape index (κ3) is 2.08. The Labute approximate surface area is 89.0 Å². The maximum absolute atomic E-state index is 11.2. The summed E-state index contributed by atoms with van der Waals surface area (Å²) >= 11 is 0. The fourth-order valence-corrected chi connectivity index (χ4v) is 1.22. The van der Waals surface area contributed by atoms with Gasteiger partial charge >= 0.3 is 29.6 Å². The molecule has 0 aromatic heterocycles. The summed E-state index contributed by atoms with van der Waals surface area (Å²) in [6.45, 7) is 3.76. The summed E-state index contributed by atoms with van der Waals surface area (Å²) in [5.74, 6) is 0.0301. The van der Waals surface area contributed by atoms with Crippen LogP contribution in [0.25, 0.3) is 0 Å². The summed E-state index contributed by atoms with van der Waals surface area (Å²) in [6, 6.07) is 0. The average Bonchev–Trinajstić information content (AvgIpc) is 2.10. The van der Waals surface area contributed by atoms with Crippen LogP contribution < -0.4 is 34.7 Å². The van der Waals surface area contributed by atoms with Gasteiger partial charge in [-0.05, 0) is 18.4 Å². The minimum Gasteiger partial charge on any atom is -0.878 e. The van der Waals surface area contributed by atoms with Crippen LogP contribution in [-0.4, -0.2) is 5.78 Å². The smallest absolute Gasteiger partial charge is 0.878 e. The SMILES string of the molecule is CC1(C)CC/C(=C/[O-])C1=O.[Na+]. The third-order valence-corrected chi connectivity index (χ3v) is 2.07. The fourth-order valence-electron chi connectivity index (χ4n) is 1.22. The van der Waals surface area contributed by atoms with Crippen LogP contribution in [0.15, 0.2) is 11.8 Å². The van der Waals surface area contributed by atoms with E-state index in [4.69, 9.17) is 0 Å². The molecule has 0 aromatic carbocycles. The van der Waals surface area contributed by atoms with Crippen molar-refractivity contribution in [1.29, 1.82) is 0 Å². The minimum atomic E-state index is -0.282. The van der Waals surface area contributed by atoms with E-state index in [9.17, 15) is 9.90 Å². The van der Waals surface area contributed by atoms with Gasteiger partial charge in [0.05, 0.1) is 0 Å². The molecule has 0 aliphatic heterocycles. The summed E-state index contributed by atoms with van der Waals surface area (Å²) in [5, 5.41) is 10.2. The monoisotopic (exact) mass is 162 g/mol. The molecule has 1 fully saturated rings. The van der Waals surface area contributed by atoms with Gasteiger partial charge in [0.15, 0.2) is 5.78 Å². The molecule has 0 unspecified atom stereocenters. The number of rotatable bonds is 0. The van der Waals surface area contributed by atoms with Crippen molar-refractivity contribution in [2.24, 2.45) is 5.41 Å². The molecule has 11 heavy (non-hydrogen) atoms. The van der Waals surface area contributed by atoms with E-state index in [1.807, 2.05) is 13.8 Å². The second-order valence-electron chi connectivity index (χ2n) is 3.36. The topological polar surface area (TPSA) is 40.1 Å². The molecule has 0 spiro atoms. The van der Waals surface area contributed by atoms with E-state index in [1.165, 1.54) is 0 Å². The molecule has 0 atom stereocenters. The van der Waals surface area contributed by atoms with Crippen LogP contribution in [0.1, 0.15) is 26.7 Å². The first-order chi connectivity index (χ1) is 4.58. The number of Topliss-reactive ketones (excluding diaryl/α,β-unsaturated/α-hetero) is 1. The van der Waals surface area contributed by atoms with Crippen LogP contribution in [0.3, 0.4) is 0 Å². The summed E-state index contributed by atoms with van der Waals surface area (Å²) < 4.78 is 0. The molecule has 1 saturated carbocycles. The molecule has 0 radical (unpaired) electrons. The Morgan fingerprint density at radius 2 is 2.09 bits per heavy atom. The Kier molecular flexibility index (Phi) is 3.82. The number of allylic oxidation sites excluding steroid dienone is 1. The van der Waals surface area contributed by atoms with Gasteiger partial charge in [-0.25, -0.2) is 0 Å². The normalized spacial score (nSPS) is 25.3. The third-order valence-electron chi connectivity index (χ3n) is 2.07. The molecular formula is C8H11NaO2.